The van der Waals surface area contributed by atoms with Crippen molar-refractivity contribution in [3.8, 4) is 0 Å². The lowest BCUT2D eigenvalue weighted by Crippen LogP contribution is -2.41. The van der Waals surface area contributed by atoms with Gasteiger partial charge in [-0.2, -0.15) is 0 Å². The Morgan fingerprint density at radius 3 is 2.70 bits per heavy atom. The fourth-order valence-corrected chi connectivity index (χ4v) is 4.51. The minimum atomic E-state index is -0.295. The molecule has 2 N–H and O–H groups in total. The van der Waals surface area contributed by atoms with Gasteiger partial charge in [0.2, 0.25) is 0 Å². The van der Waals surface area contributed by atoms with Crippen molar-refractivity contribution in [2.75, 3.05) is 5.32 Å². The summed E-state index contributed by atoms with van der Waals surface area (Å²) >= 11 is 1.29. The number of carbonyl (C=O) groups excluding carboxylic acids is 1. The Bertz CT molecular complexity index is 991. The highest BCUT2D eigenvalue weighted by Crippen LogP contribution is 2.28. The lowest BCUT2D eigenvalue weighted by molar-refractivity contribution is 0.0272. The number of rotatable bonds is 7. The van der Waals surface area contributed by atoms with Crippen LogP contribution < -0.4 is 10.6 Å². The Balaban J connectivity index is 1.37. The molecule has 1 fully saturated rings. The summed E-state index contributed by atoms with van der Waals surface area (Å²) in [7, 11) is 0. The van der Waals surface area contributed by atoms with E-state index in [0.717, 1.165) is 30.5 Å². The normalized spacial score (nSPS) is 18.3. The molecule has 4 rings (SSSR count). The van der Waals surface area contributed by atoms with Crippen molar-refractivity contribution in [1.29, 1.82) is 0 Å². The first kappa shape index (κ1) is 20.5. The van der Waals surface area contributed by atoms with E-state index in [-0.39, 0.29) is 23.9 Å². The Hall–Kier alpha value is -2.77. The van der Waals surface area contributed by atoms with Crippen LogP contribution in [0.3, 0.4) is 0 Å². The Labute approximate surface area is 179 Å². The number of nitrogens with one attached hydrogen (secondary N) is 2. The van der Waals surface area contributed by atoms with Gasteiger partial charge in [-0.3, -0.25) is 4.79 Å². The van der Waals surface area contributed by atoms with Gasteiger partial charge in [0.1, 0.15) is 10.7 Å². The largest absolute Gasteiger partial charge is 0.371 e. The molecule has 0 spiro atoms. The number of ether oxygens (including phenoxy) is 1. The van der Waals surface area contributed by atoms with Crippen molar-refractivity contribution in [3.05, 3.63) is 76.5 Å². The molecule has 0 saturated heterocycles. The molecule has 7 heteroatoms. The summed E-state index contributed by atoms with van der Waals surface area (Å²) in [5.74, 6) is -0.422. The van der Waals surface area contributed by atoms with E-state index in [1.54, 1.807) is 12.1 Å². The number of hydrogen-bond donors (Lipinski definition) is 2. The molecule has 5 nitrogen and oxygen atoms in total. The van der Waals surface area contributed by atoms with Crippen LogP contribution in [0, 0.1) is 12.7 Å². The van der Waals surface area contributed by atoms with E-state index < -0.39 is 0 Å². The van der Waals surface area contributed by atoms with Crippen LogP contribution in [-0.2, 0) is 11.3 Å². The molecule has 1 saturated carbocycles. The molecule has 30 heavy (non-hydrogen) atoms. The number of aromatic nitrogens is 1. The maximum atomic E-state index is 13.1. The third kappa shape index (κ3) is 5.04. The van der Waals surface area contributed by atoms with Gasteiger partial charge in [-0.15, -0.1) is 0 Å². The number of benzene rings is 2. The van der Waals surface area contributed by atoms with Gasteiger partial charge in [0.05, 0.1) is 24.4 Å². The number of amides is 1. The zero-order valence-electron chi connectivity index (χ0n) is 16.7. The zero-order valence-corrected chi connectivity index (χ0v) is 17.5. The van der Waals surface area contributed by atoms with E-state index in [9.17, 15) is 9.18 Å². The summed E-state index contributed by atoms with van der Waals surface area (Å²) in [6.45, 7) is 2.36. The second kappa shape index (κ2) is 9.36. The van der Waals surface area contributed by atoms with Gasteiger partial charge in [0.25, 0.3) is 5.91 Å². The number of halogens is 1. The van der Waals surface area contributed by atoms with Gasteiger partial charge >= 0.3 is 0 Å². The molecule has 1 amide bonds. The SMILES string of the molecule is Cc1nc(Nc2ccc(F)cc2)sc1C(=O)N[C@H]1CCC[C@@H]1OCc1ccccc1. The molecular formula is C23H24FN3O2S. The van der Waals surface area contributed by atoms with Gasteiger partial charge in [0, 0.05) is 5.69 Å². The first-order chi connectivity index (χ1) is 14.6. The lowest BCUT2D eigenvalue weighted by Gasteiger charge is -2.21. The molecule has 1 aromatic heterocycles. The van der Waals surface area contributed by atoms with Crippen LogP contribution in [-0.4, -0.2) is 23.0 Å². The third-order valence-corrected chi connectivity index (χ3v) is 6.25. The van der Waals surface area contributed by atoms with Crippen LogP contribution in [0.4, 0.5) is 15.2 Å². The van der Waals surface area contributed by atoms with Gasteiger partial charge in [0.15, 0.2) is 5.13 Å². The topological polar surface area (TPSA) is 63.2 Å². The summed E-state index contributed by atoms with van der Waals surface area (Å²) in [4.78, 5) is 17.9. The smallest absolute Gasteiger partial charge is 0.263 e. The minimum Gasteiger partial charge on any atom is -0.371 e. The molecule has 0 aliphatic heterocycles. The monoisotopic (exact) mass is 425 g/mol. The van der Waals surface area contributed by atoms with Crippen molar-refractivity contribution >= 4 is 28.1 Å². The van der Waals surface area contributed by atoms with Gasteiger partial charge in [-0.1, -0.05) is 41.7 Å². The molecule has 1 aliphatic carbocycles. The molecule has 3 aromatic rings. The van der Waals surface area contributed by atoms with E-state index in [0.29, 0.717) is 22.3 Å². The molecule has 0 unspecified atom stereocenters. The number of nitrogens with zero attached hydrogens (tertiary/aromatic N) is 1. The summed E-state index contributed by atoms with van der Waals surface area (Å²) in [6, 6.07) is 16.1. The van der Waals surface area contributed by atoms with Crippen molar-refractivity contribution in [2.24, 2.45) is 0 Å². The van der Waals surface area contributed by atoms with Crippen molar-refractivity contribution in [2.45, 2.75) is 44.9 Å². The molecule has 156 valence electrons. The van der Waals surface area contributed by atoms with Crippen molar-refractivity contribution in [1.82, 2.24) is 10.3 Å². The third-order valence-electron chi connectivity index (χ3n) is 5.17. The molecular weight excluding hydrogens is 401 g/mol. The Kier molecular flexibility index (Phi) is 6.40. The second-order valence-electron chi connectivity index (χ2n) is 7.41. The predicted octanol–water partition coefficient (Wildman–Crippen LogP) is 5.20. The zero-order chi connectivity index (χ0) is 20.9. The maximum Gasteiger partial charge on any atom is 0.263 e. The number of carbonyl (C=O) groups is 1. The first-order valence-corrected chi connectivity index (χ1v) is 10.9. The molecule has 1 aliphatic rings. The van der Waals surface area contributed by atoms with Crippen LogP contribution in [0.1, 0.15) is 40.2 Å². The van der Waals surface area contributed by atoms with Gasteiger partial charge < -0.3 is 15.4 Å². The van der Waals surface area contributed by atoms with E-state index in [1.807, 2.05) is 37.3 Å². The highest BCUT2D eigenvalue weighted by atomic mass is 32.1. The fourth-order valence-electron chi connectivity index (χ4n) is 3.62. The first-order valence-electron chi connectivity index (χ1n) is 10.0. The summed E-state index contributed by atoms with van der Waals surface area (Å²) in [5.41, 5.74) is 2.52. The van der Waals surface area contributed by atoms with Gasteiger partial charge in [-0.05, 0) is 56.0 Å². The standard InChI is InChI=1S/C23H24FN3O2S/c1-15-21(30-23(25-15)26-18-12-10-17(24)11-13-18)22(28)27-19-8-5-9-20(19)29-14-16-6-3-2-4-7-16/h2-4,6-7,10-13,19-20H,5,8-9,14H2,1H3,(H,25,26)(H,27,28)/t19-,20-/m0/s1. The molecule has 2 aromatic carbocycles. The Morgan fingerprint density at radius 1 is 1.17 bits per heavy atom. The average Bonchev–Trinajstić information content (AvgIpc) is 3.34. The van der Waals surface area contributed by atoms with Crippen molar-refractivity contribution in [3.63, 3.8) is 0 Å². The van der Waals surface area contributed by atoms with Crippen LogP contribution >= 0.6 is 11.3 Å². The summed E-state index contributed by atoms with van der Waals surface area (Å²) < 4.78 is 19.2. The van der Waals surface area contributed by atoms with Crippen LogP contribution in [0.25, 0.3) is 0 Å². The molecule has 1 heterocycles. The highest BCUT2D eigenvalue weighted by Gasteiger charge is 2.30. The average molecular weight is 426 g/mol. The molecule has 0 radical (unpaired) electrons. The predicted molar refractivity (Wildman–Crippen MR) is 117 cm³/mol. The number of aryl methyl sites for hydroxylation is 1. The molecule has 2 atom stereocenters. The van der Waals surface area contributed by atoms with Crippen molar-refractivity contribution < 1.29 is 13.9 Å². The van der Waals surface area contributed by atoms with E-state index in [2.05, 4.69) is 15.6 Å². The van der Waals surface area contributed by atoms with Crippen LogP contribution in [0.5, 0.6) is 0 Å². The summed E-state index contributed by atoms with van der Waals surface area (Å²) in [6.07, 6.45) is 2.89. The second-order valence-corrected chi connectivity index (χ2v) is 8.41. The highest BCUT2D eigenvalue weighted by molar-refractivity contribution is 7.17. The number of thiazole rings is 1. The van der Waals surface area contributed by atoms with E-state index in [4.69, 9.17) is 4.74 Å². The van der Waals surface area contributed by atoms with Gasteiger partial charge in [-0.25, -0.2) is 9.37 Å². The molecule has 0 bridgehead atoms. The number of anilines is 2. The summed E-state index contributed by atoms with van der Waals surface area (Å²) in [5, 5.41) is 6.86. The van der Waals surface area contributed by atoms with Crippen LogP contribution in [0.15, 0.2) is 54.6 Å². The fraction of sp³-hybridized carbons (Fsp3) is 0.304. The Morgan fingerprint density at radius 2 is 1.93 bits per heavy atom. The maximum absolute atomic E-state index is 13.1. The quantitative estimate of drug-likeness (QED) is 0.546. The number of hydrogen-bond acceptors (Lipinski definition) is 5. The lowest BCUT2D eigenvalue weighted by atomic mass is 10.2. The van der Waals surface area contributed by atoms with E-state index >= 15 is 0 Å². The van der Waals surface area contributed by atoms with E-state index in [1.165, 1.54) is 23.5 Å². The minimum absolute atomic E-state index is 0.00350. The van der Waals surface area contributed by atoms with Crippen LogP contribution in [0.2, 0.25) is 0 Å².